The van der Waals surface area contributed by atoms with E-state index in [9.17, 15) is 0 Å². The van der Waals surface area contributed by atoms with Crippen LogP contribution in [-0.2, 0) is 0 Å². The van der Waals surface area contributed by atoms with Gasteiger partial charge in [0.2, 0.25) is 0 Å². The lowest BCUT2D eigenvalue weighted by molar-refractivity contribution is 1.28. The predicted molar refractivity (Wildman–Crippen MR) is 235 cm³/mol. The molecular weight excluding hydrogens is 663 g/mol. The lowest BCUT2D eigenvalue weighted by atomic mass is 9.92. The van der Waals surface area contributed by atoms with Crippen LogP contribution in [0.15, 0.2) is 212 Å². The Morgan fingerprint density at radius 2 is 0.655 bits per heavy atom. The Hall–Kier alpha value is -6.96. The number of hydrogen-bond donors (Lipinski definition) is 0. The molecule has 0 fully saturated rings. The third kappa shape index (κ3) is 7.09. The highest BCUT2D eigenvalue weighted by Crippen LogP contribution is 2.42. The first-order valence-electron chi connectivity index (χ1n) is 19.0. The van der Waals surface area contributed by atoms with Gasteiger partial charge >= 0.3 is 0 Å². The summed E-state index contributed by atoms with van der Waals surface area (Å²) in [4.78, 5) is 2.37. The van der Waals surface area contributed by atoms with E-state index < -0.39 is 0 Å². The van der Waals surface area contributed by atoms with Crippen molar-refractivity contribution in [1.29, 1.82) is 0 Å². The second-order valence-corrected chi connectivity index (χ2v) is 14.4. The zero-order valence-electron chi connectivity index (χ0n) is 31.2. The molecule has 0 bridgehead atoms. The fraction of sp³-hybridized carbons (Fsp3) is 0.0370. The van der Waals surface area contributed by atoms with Gasteiger partial charge in [0.15, 0.2) is 0 Å². The van der Waals surface area contributed by atoms with Gasteiger partial charge in [-0.25, -0.2) is 0 Å². The number of benzene rings is 9. The van der Waals surface area contributed by atoms with Crippen LogP contribution in [0, 0.1) is 13.8 Å². The van der Waals surface area contributed by atoms with Gasteiger partial charge in [-0.15, -0.1) is 0 Å². The number of rotatable bonds is 8. The Morgan fingerprint density at radius 1 is 0.255 bits per heavy atom. The van der Waals surface area contributed by atoms with Crippen LogP contribution in [0.2, 0.25) is 0 Å². The van der Waals surface area contributed by atoms with E-state index in [0.717, 1.165) is 17.1 Å². The molecular formula is C54H41N. The SMILES string of the molecule is Cc1ccc(-c2ccc(N(c3ccc(-c4ccc(C)cc4)cc3)c3ccc(-c4ccc(-c5ccc6ccccc6c5)cc4)c(-c4ccccc4)c3)cc2)cc1. The highest BCUT2D eigenvalue weighted by molar-refractivity contribution is 5.91. The lowest BCUT2D eigenvalue weighted by Gasteiger charge is -2.27. The second kappa shape index (κ2) is 14.8. The number of anilines is 3. The Morgan fingerprint density at radius 3 is 1.22 bits per heavy atom. The topological polar surface area (TPSA) is 3.24 Å². The summed E-state index contributed by atoms with van der Waals surface area (Å²) in [7, 11) is 0. The van der Waals surface area contributed by atoms with Crippen molar-refractivity contribution >= 4 is 27.8 Å². The van der Waals surface area contributed by atoms with E-state index in [2.05, 4.69) is 231 Å². The van der Waals surface area contributed by atoms with E-state index in [4.69, 9.17) is 0 Å². The summed E-state index contributed by atoms with van der Waals surface area (Å²) < 4.78 is 0. The Labute approximate surface area is 324 Å². The molecule has 1 nitrogen and oxygen atoms in total. The maximum atomic E-state index is 2.37. The molecule has 0 amide bonds. The molecule has 0 spiro atoms. The van der Waals surface area contributed by atoms with Gasteiger partial charge in [0.25, 0.3) is 0 Å². The highest BCUT2D eigenvalue weighted by Gasteiger charge is 2.17. The molecule has 1 heteroatoms. The number of nitrogens with zero attached hydrogens (tertiary/aromatic N) is 1. The molecule has 0 aromatic heterocycles. The molecule has 0 aliphatic heterocycles. The minimum absolute atomic E-state index is 1.10. The van der Waals surface area contributed by atoms with Crippen LogP contribution >= 0.6 is 0 Å². The summed E-state index contributed by atoms with van der Waals surface area (Å²) in [5.41, 5.74) is 17.9. The quantitative estimate of drug-likeness (QED) is 0.152. The van der Waals surface area contributed by atoms with Crippen LogP contribution in [0.1, 0.15) is 11.1 Å². The predicted octanol–water partition coefficient (Wildman–Crippen LogP) is 15.3. The van der Waals surface area contributed by atoms with Crippen molar-refractivity contribution in [2.24, 2.45) is 0 Å². The van der Waals surface area contributed by atoms with E-state index in [0.29, 0.717) is 0 Å². The summed E-state index contributed by atoms with van der Waals surface area (Å²) in [6.07, 6.45) is 0. The van der Waals surface area contributed by atoms with E-state index in [-0.39, 0.29) is 0 Å². The number of hydrogen-bond acceptors (Lipinski definition) is 1. The third-order valence-corrected chi connectivity index (χ3v) is 10.6. The fourth-order valence-corrected chi connectivity index (χ4v) is 7.54. The summed E-state index contributed by atoms with van der Waals surface area (Å²) in [5, 5.41) is 2.51. The molecule has 0 saturated carbocycles. The second-order valence-electron chi connectivity index (χ2n) is 14.4. The molecule has 0 unspecified atom stereocenters. The van der Waals surface area contributed by atoms with Gasteiger partial charge in [-0.05, 0) is 123 Å². The van der Waals surface area contributed by atoms with Crippen LogP contribution < -0.4 is 4.90 Å². The van der Waals surface area contributed by atoms with Gasteiger partial charge in [0.05, 0.1) is 0 Å². The molecule has 0 atom stereocenters. The molecule has 0 aliphatic rings. The van der Waals surface area contributed by atoms with Crippen LogP contribution in [0.5, 0.6) is 0 Å². The Balaban J connectivity index is 1.13. The largest absolute Gasteiger partial charge is 0.310 e. The first-order valence-corrected chi connectivity index (χ1v) is 19.0. The molecule has 9 aromatic carbocycles. The van der Waals surface area contributed by atoms with E-state index in [1.54, 1.807) is 0 Å². The standard InChI is InChI=1S/C54H41N/c1-38-12-16-41(17-13-38)43-26-30-50(31-27-43)55(51-32-28-44(29-33-51)42-18-14-39(2)15-19-42)52-34-35-53(54(37-52)46-9-4-3-5-10-46)47-23-20-45(21-24-47)49-25-22-40-8-6-7-11-48(40)36-49/h3-37H,1-2H3. The van der Waals surface area contributed by atoms with Crippen molar-refractivity contribution < 1.29 is 0 Å². The van der Waals surface area contributed by atoms with Crippen LogP contribution in [0.4, 0.5) is 17.1 Å². The molecule has 0 saturated heterocycles. The molecule has 9 aromatic rings. The molecule has 0 N–H and O–H groups in total. The van der Waals surface area contributed by atoms with E-state index in [1.165, 1.54) is 77.5 Å². The van der Waals surface area contributed by atoms with E-state index in [1.807, 2.05) is 0 Å². The van der Waals surface area contributed by atoms with Crippen LogP contribution in [-0.4, -0.2) is 0 Å². The van der Waals surface area contributed by atoms with Gasteiger partial charge in [0.1, 0.15) is 0 Å². The normalized spacial score (nSPS) is 11.1. The summed E-state index contributed by atoms with van der Waals surface area (Å²) >= 11 is 0. The van der Waals surface area contributed by atoms with Crippen molar-refractivity contribution in [1.82, 2.24) is 0 Å². The first kappa shape index (κ1) is 33.8. The maximum absolute atomic E-state index is 2.37. The molecule has 0 radical (unpaired) electrons. The summed E-state index contributed by atoms with van der Waals surface area (Å²) in [5.74, 6) is 0. The molecule has 0 heterocycles. The summed E-state index contributed by atoms with van der Waals surface area (Å²) in [6, 6.07) is 77.3. The zero-order chi connectivity index (χ0) is 37.1. The lowest BCUT2D eigenvalue weighted by Crippen LogP contribution is -2.10. The van der Waals surface area contributed by atoms with Crippen LogP contribution in [0.3, 0.4) is 0 Å². The molecule has 262 valence electrons. The van der Waals surface area contributed by atoms with Crippen molar-refractivity contribution in [3.05, 3.63) is 223 Å². The fourth-order valence-electron chi connectivity index (χ4n) is 7.54. The van der Waals surface area contributed by atoms with Crippen molar-refractivity contribution in [3.8, 4) is 55.6 Å². The van der Waals surface area contributed by atoms with Crippen LogP contribution in [0.25, 0.3) is 66.4 Å². The molecule has 0 aliphatic carbocycles. The van der Waals surface area contributed by atoms with Crippen molar-refractivity contribution in [3.63, 3.8) is 0 Å². The van der Waals surface area contributed by atoms with Crippen molar-refractivity contribution in [2.45, 2.75) is 13.8 Å². The van der Waals surface area contributed by atoms with E-state index >= 15 is 0 Å². The first-order chi connectivity index (χ1) is 27.1. The van der Waals surface area contributed by atoms with Gasteiger partial charge in [0, 0.05) is 17.1 Å². The van der Waals surface area contributed by atoms with Gasteiger partial charge in [-0.3, -0.25) is 0 Å². The number of aryl methyl sites for hydroxylation is 2. The minimum atomic E-state index is 1.10. The monoisotopic (exact) mass is 703 g/mol. The summed E-state index contributed by atoms with van der Waals surface area (Å²) in [6.45, 7) is 4.26. The Bertz CT molecular complexity index is 2620. The average molecular weight is 704 g/mol. The number of fused-ring (bicyclic) bond motifs is 1. The third-order valence-electron chi connectivity index (χ3n) is 10.6. The highest BCUT2D eigenvalue weighted by atomic mass is 15.1. The average Bonchev–Trinajstić information content (AvgIpc) is 3.25. The molecule has 9 rings (SSSR count). The van der Waals surface area contributed by atoms with Gasteiger partial charge < -0.3 is 4.90 Å². The smallest absolute Gasteiger partial charge is 0.0468 e. The van der Waals surface area contributed by atoms with Gasteiger partial charge in [-0.2, -0.15) is 0 Å². The van der Waals surface area contributed by atoms with Crippen molar-refractivity contribution in [2.75, 3.05) is 4.90 Å². The zero-order valence-corrected chi connectivity index (χ0v) is 31.2. The van der Waals surface area contributed by atoms with Gasteiger partial charge in [-0.1, -0.05) is 181 Å². The Kier molecular flexibility index (Phi) is 9.12. The maximum Gasteiger partial charge on any atom is 0.0468 e. The minimum Gasteiger partial charge on any atom is -0.310 e. The molecule has 55 heavy (non-hydrogen) atoms.